The standard InChI is InChI=1S/C13H18ClNO2/c1-3-15(7-4-8-16)13(17)12-6-5-11(14)9-10(12)2/h5-6,9,16H,3-4,7-8H2,1-2H3. The van der Waals surface area contributed by atoms with Gasteiger partial charge in [0.05, 0.1) is 0 Å². The van der Waals surface area contributed by atoms with Crippen molar-refractivity contribution in [3.8, 4) is 0 Å². The molecule has 0 aliphatic heterocycles. The molecule has 1 aromatic carbocycles. The van der Waals surface area contributed by atoms with E-state index < -0.39 is 0 Å². The number of hydrogen-bond donors (Lipinski definition) is 1. The fraction of sp³-hybridized carbons (Fsp3) is 0.462. The first-order valence-electron chi connectivity index (χ1n) is 5.76. The molecule has 0 aliphatic rings. The first-order valence-corrected chi connectivity index (χ1v) is 6.14. The zero-order valence-corrected chi connectivity index (χ0v) is 11.0. The summed E-state index contributed by atoms with van der Waals surface area (Å²) in [5.74, 6) is -0.00452. The van der Waals surface area contributed by atoms with Crippen LogP contribution in [0.3, 0.4) is 0 Å². The average Bonchev–Trinajstić information content (AvgIpc) is 2.29. The van der Waals surface area contributed by atoms with E-state index in [1.165, 1.54) is 0 Å². The maximum absolute atomic E-state index is 12.2. The maximum Gasteiger partial charge on any atom is 0.254 e. The summed E-state index contributed by atoms with van der Waals surface area (Å²) in [6.07, 6.45) is 0.603. The third-order valence-electron chi connectivity index (χ3n) is 2.67. The number of benzene rings is 1. The number of hydrogen-bond acceptors (Lipinski definition) is 2. The van der Waals surface area contributed by atoms with Crippen molar-refractivity contribution < 1.29 is 9.90 Å². The van der Waals surface area contributed by atoms with Crippen LogP contribution in [0.1, 0.15) is 29.3 Å². The van der Waals surface area contributed by atoms with Gasteiger partial charge in [0.2, 0.25) is 0 Å². The lowest BCUT2D eigenvalue weighted by atomic mass is 10.1. The van der Waals surface area contributed by atoms with Crippen molar-refractivity contribution in [2.75, 3.05) is 19.7 Å². The summed E-state index contributed by atoms with van der Waals surface area (Å²) in [4.78, 5) is 13.9. The Bertz CT molecular complexity index is 393. The van der Waals surface area contributed by atoms with E-state index in [1.54, 1.807) is 23.1 Å². The van der Waals surface area contributed by atoms with Gasteiger partial charge in [-0.25, -0.2) is 0 Å². The molecule has 1 rings (SSSR count). The fourth-order valence-electron chi connectivity index (χ4n) is 1.70. The van der Waals surface area contributed by atoms with Crippen LogP contribution in [0.15, 0.2) is 18.2 Å². The molecule has 0 aromatic heterocycles. The molecule has 0 spiro atoms. The first kappa shape index (κ1) is 14.0. The number of halogens is 1. The van der Waals surface area contributed by atoms with Crippen molar-refractivity contribution >= 4 is 17.5 Å². The average molecular weight is 256 g/mol. The highest BCUT2D eigenvalue weighted by Gasteiger charge is 2.15. The molecule has 0 bridgehead atoms. The molecule has 0 atom stereocenters. The van der Waals surface area contributed by atoms with Gasteiger partial charge in [-0.05, 0) is 44.0 Å². The predicted molar refractivity (Wildman–Crippen MR) is 69.5 cm³/mol. The molecule has 4 heteroatoms. The number of carbonyl (C=O) groups excluding carboxylic acids is 1. The second-order valence-corrected chi connectivity index (χ2v) is 4.36. The number of nitrogens with zero attached hydrogens (tertiary/aromatic N) is 1. The van der Waals surface area contributed by atoms with Gasteiger partial charge in [-0.2, -0.15) is 0 Å². The van der Waals surface area contributed by atoms with Crippen LogP contribution in [0.5, 0.6) is 0 Å². The van der Waals surface area contributed by atoms with E-state index in [0.29, 0.717) is 30.1 Å². The van der Waals surface area contributed by atoms with E-state index in [9.17, 15) is 4.79 Å². The van der Waals surface area contributed by atoms with Crippen LogP contribution in [0, 0.1) is 6.92 Å². The van der Waals surface area contributed by atoms with Gasteiger partial charge >= 0.3 is 0 Å². The number of aliphatic hydroxyl groups is 1. The molecule has 0 radical (unpaired) electrons. The Kier molecular flexibility index (Phi) is 5.45. The Labute approximate surface area is 107 Å². The molecule has 0 fully saturated rings. The molecular weight excluding hydrogens is 238 g/mol. The Morgan fingerprint density at radius 1 is 1.47 bits per heavy atom. The summed E-state index contributed by atoms with van der Waals surface area (Å²) in [5.41, 5.74) is 1.55. The highest BCUT2D eigenvalue weighted by atomic mass is 35.5. The van der Waals surface area contributed by atoms with Gasteiger partial charge in [0.25, 0.3) is 5.91 Å². The molecule has 0 saturated carbocycles. The minimum absolute atomic E-state index is 0.00452. The summed E-state index contributed by atoms with van der Waals surface area (Å²) < 4.78 is 0. The van der Waals surface area contributed by atoms with Crippen LogP contribution < -0.4 is 0 Å². The third-order valence-corrected chi connectivity index (χ3v) is 2.91. The van der Waals surface area contributed by atoms with Crippen molar-refractivity contribution in [2.45, 2.75) is 20.3 Å². The molecular formula is C13H18ClNO2. The molecule has 1 N–H and O–H groups in total. The second-order valence-electron chi connectivity index (χ2n) is 3.92. The lowest BCUT2D eigenvalue weighted by Gasteiger charge is -2.21. The van der Waals surface area contributed by atoms with Gasteiger partial charge in [0.15, 0.2) is 0 Å². The third kappa shape index (κ3) is 3.72. The van der Waals surface area contributed by atoms with Crippen LogP contribution in [0.25, 0.3) is 0 Å². The molecule has 1 amide bonds. The summed E-state index contributed by atoms with van der Waals surface area (Å²) >= 11 is 5.86. The first-order chi connectivity index (χ1) is 8.10. The summed E-state index contributed by atoms with van der Waals surface area (Å²) in [6, 6.07) is 5.26. The smallest absolute Gasteiger partial charge is 0.254 e. The zero-order chi connectivity index (χ0) is 12.8. The van der Waals surface area contributed by atoms with E-state index in [1.807, 2.05) is 13.8 Å². The summed E-state index contributed by atoms with van der Waals surface area (Å²) in [6.45, 7) is 5.12. The highest BCUT2D eigenvalue weighted by Crippen LogP contribution is 2.17. The Morgan fingerprint density at radius 3 is 2.71 bits per heavy atom. The van der Waals surface area contributed by atoms with Crippen LogP contribution >= 0.6 is 11.6 Å². The topological polar surface area (TPSA) is 40.5 Å². The van der Waals surface area contributed by atoms with Gasteiger partial charge in [0, 0.05) is 30.3 Å². The molecule has 0 aliphatic carbocycles. The molecule has 0 heterocycles. The van der Waals surface area contributed by atoms with E-state index in [0.717, 1.165) is 5.56 Å². The van der Waals surface area contributed by atoms with E-state index >= 15 is 0 Å². The lowest BCUT2D eigenvalue weighted by molar-refractivity contribution is 0.0753. The van der Waals surface area contributed by atoms with Crippen molar-refractivity contribution in [1.82, 2.24) is 4.90 Å². The molecule has 3 nitrogen and oxygen atoms in total. The monoisotopic (exact) mass is 255 g/mol. The number of aliphatic hydroxyl groups excluding tert-OH is 1. The number of rotatable bonds is 5. The van der Waals surface area contributed by atoms with E-state index in [-0.39, 0.29) is 12.5 Å². The van der Waals surface area contributed by atoms with Crippen molar-refractivity contribution in [3.05, 3.63) is 34.3 Å². The molecule has 94 valence electrons. The zero-order valence-electron chi connectivity index (χ0n) is 10.2. The Balaban J connectivity index is 2.86. The van der Waals surface area contributed by atoms with Crippen LogP contribution in [0.2, 0.25) is 5.02 Å². The minimum Gasteiger partial charge on any atom is -0.396 e. The number of aryl methyl sites for hydroxylation is 1. The van der Waals surface area contributed by atoms with Crippen molar-refractivity contribution in [3.63, 3.8) is 0 Å². The lowest BCUT2D eigenvalue weighted by Crippen LogP contribution is -2.32. The molecule has 1 aromatic rings. The van der Waals surface area contributed by atoms with Gasteiger partial charge in [-0.15, -0.1) is 0 Å². The Hall–Kier alpha value is -1.06. The molecule has 0 saturated heterocycles. The van der Waals surface area contributed by atoms with Gasteiger partial charge < -0.3 is 10.0 Å². The summed E-state index contributed by atoms with van der Waals surface area (Å²) in [5, 5.41) is 9.44. The van der Waals surface area contributed by atoms with E-state index in [2.05, 4.69) is 0 Å². The Morgan fingerprint density at radius 2 is 2.18 bits per heavy atom. The fourth-order valence-corrected chi connectivity index (χ4v) is 1.93. The SMILES string of the molecule is CCN(CCCO)C(=O)c1ccc(Cl)cc1C. The van der Waals surface area contributed by atoms with Crippen LogP contribution in [0.4, 0.5) is 0 Å². The van der Waals surface area contributed by atoms with Gasteiger partial charge in [-0.3, -0.25) is 4.79 Å². The van der Waals surface area contributed by atoms with Gasteiger partial charge in [0.1, 0.15) is 0 Å². The second kappa shape index (κ2) is 6.62. The van der Waals surface area contributed by atoms with Gasteiger partial charge in [-0.1, -0.05) is 11.6 Å². The predicted octanol–water partition coefficient (Wildman–Crippen LogP) is 2.49. The minimum atomic E-state index is -0.00452. The summed E-state index contributed by atoms with van der Waals surface area (Å²) in [7, 11) is 0. The van der Waals surface area contributed by atoms with Crippen molar-refractivity contribution in [1.29, 1.82) is 0 Å². The molecule has 0 unspecified atom stereocenters. The van der Waals surface area contributed by atoms with Crippen LogP contribution in [-0.2, 0) is 0 Å². The number of amides is 1. The quantitative estimate of drug-likeness (QED) is 0.878. The van der Waals surface area contributed by atoms with E-state index in [4.69, 9.17) is 16.7 Å². The number of carbonyl (C=O) groups is 1. The van der Waals surface area contributed by atoms with Crippen molar-refractivity contribution in [2.24, 2.45) is 0 Å². The molecule has 17 heavy (non-hydrogen) atoms. The largest absolute Gasteiger partial charge is 0.396 e. The van der Waals surface area contributed by atoms with Crippen LogP contribution in [-0.4, -0.2) is 35.6 Å². The normalized spacial score (nSPS) is 10.4. The maximum atomic E-state index is 12.2. The highest BCUT2D eigenvalue weighted by molar-refractivity contribution is 6.30.